The van der Waals surface area contributed by atoms with Gasteiger partial charge >= 0.3 is 5.97 Å². The van der Waals surface area contributed by atoms with Crippen LogP contribution in [0.4, 0.5) is 5.69 Å². The summed E-state index contributed by atoms with van der Waals surface area (Å²) in [7, 11) is 0. The van der Waals surface area contributed by atoms with E-state index in [1.54, 1.807) is 6.07 Å². The van der Waals surface area contributed by atoms with Gasteiger partial charge in [-0.05, 0) is 125 Å². The first-order chi connectivity index (χ1) is 22.6. The summed E-state index contributed by atoms with van der Waals surface area (Å²) in [6.07, 6.45) is 9.83. The van der Waals surface area contributed by atoms with Crippen molar-refractivity contribution in [1.29, 1.82) is 0 Å². The normalized spacial score (nSPS) is 17.9. The van der Waals surface area contributed by atoms with Gasteiger partial charge in [-0.1, -0.05) is 33.8 Å². The Bertz CT molecular complexity index is 1980. The molecule has 4 aliphatic heterocycles. The van der Waals surface area contributed by atoms with Crippen molar-refractivity contribution < 1.29 is 14.7 Å². The molecule has 0 aromatic heterocycles. The lowest BCUT2D eigenvalue weighted by Gasteiger charge is -2.40. The monoisotopic (exact) mass is 630 g/mol. The first kappa shape index (κ1) is 30.4. The van der Waals surface area contributed by atoms with E-state index >= 15 is 0 Å². The summed E-state index contributed by atoms with van der Waals surface area (Å²) in [6, 6.07) is 10.2. The number of anilines is 1. The Hall–Kier alpha value is -3.93. The van der Waals surface area contributed by atoms with E-state index in [9.17, 15) is 14.7 Å². The summed E-state index contributed by atoms with van der Waals surface area (Å²) in [5.41, 5.74) is 13.6. The van der Waals surface area contributed by atoms with Crippen molar-refractivity contribution in [3.63, 3.8) is 0 Å². The van der Waals surface area contributed by atoms with Gasteiger partial charge < -0.3 is 15.3 Å². The highest BCUT2D eigenvalue weighted by molar-refractivity contribution is 6.02. The molecule has 47 heavy (non-hydrogen) atoms. The molecule has 0 saturated carbocycles. The molecule has 244 valence electrons. The van der Waals surface area contributed by atoms with Crippen molar-refractivity contribution in [2.24, 2.45) is 11.3 Å². The first-order valence-corrected chi connectivity index (χ1v) is 18.0. The highest BCUT2D eigenvalue weighted by Crippen LogP contribution is 2.44. The molecule has 3 aromatic rings. The molecular weight excluding hydrogens is 582 g/mol. The molecule has 1 amide bonds. The first-order valence-electron chi connectivity index (χ1n) is 18.0. The van der Waals surface area contributed by atoms with Gasteiger partial charge in [0.15, 0.2) is 0 Å². The number of amides is 1. The Morgan fingerprint density at radius 1 is 0.872 bits per heavy atom. The highest BCUT2D eigenvalue weighted by Gasteiger charge is 2.35. The van der Waals surface area contributed by atoms with E-state index in [4.69, 9.17) is 0 Å². The van der Waals surface area contributed by atoms with Crippen LogP contribution in [-0.2, 0) is 32.1 Å². The van der Waals surface area contributed by atoms with Crippen LogP contribution >= 0.6 is 0 Å². The van der Waals surface area contributed by atoms with Crippen molar-refractivity contribution in [1.82, 2.24) is 9.89 Å². The fraction of sp³-hybridized carbons (Fsp3) is 0.488. The molecule has 6 heteroatoms. The number of carbonyl (C=O) groups excluding carboxylic acids is 1. The zero-order valence-corrected chi connectivity index (χ0v) is 28.5. The quantitative estimate of drug-likeness (QED) is 0.293. The summed E-state index contributed by atoms with van der Waals surface area (Å²) in [5, 5.41) is 16.5. The van der Waals surface area contributed by atoms with Gasteiger partial charge in [-0.2, -0.15) is 0 Å². The van der Waals surface area contributed by atoms with Crippen molar-refractivity contribution in [2.75, 3.05) is 37.6 Å². The summed E-state index contributed by atoms with van der Waals surface area (Å²) >= 11 is 0. The highest BCUT2D eigenvalue weighted by atomic mass is 16.4. The number of nitrogens with one attached hydrogen (secondary N) is 1. The Labute approximate surface area is 278 Å². The number of rotatable bonds is 6. The van der Waals surface area contributed by atoms with Gasteiger partial charge in [-0.3, -0.25) is 4.79 Å². The van der Waals surface area contributed by atoms with E-state index in [2.05, 4.69) is 54.6 Å². The van der Waals surface area contributed by atoms with Crippen LogP contribution in [0.5, 0.6) is 0 Å². The second-order valence-corrected chi connectivity index (χ2v) is 15.6. The van der Waals surface area contributed by atoms with Gasteiger partial charge in [0.05, 0.1) is 5.56 Å². The van der Waals surface area contributed by atoms with Gasteiger partial charge in [-0.15, -0.1) is 0 Å². The SMILES string of the molecule is CC(C)C(C)(C)CNC(=O)c1ccc(C2=c3cc4c5c(c3Cc3c2cc2c6c3CCCN6CCC2)CCC[N+]=5CCC4)c(C(=O)O)c1. The summed E-state index contributed by atoms with van der Waals surface area (Å²) in [6.45, 7) is 13.6. The van der Waals surface area contributed by atoms with Gasteiger partial charge in [-0.25, -0.2) is 9.37 Å². The molecule has 0 atom stereocenters. The number of benzene rings is 3. The molecule has 1 aliphatic carbocycles. The van der Waals surface area contributed by atoms with Crippen LogP contribution in [0.1, 0.15) is 119 Å². The minimum Gasteiger partial charge on any atom is -0.478 e. The molecule has 5 aliphatic rings. The van der Waals surface area contributed by atoms with E-state index in [1.807, 2.05) is 12.1 Å². The number of aromatic carboxylic acids is 1. The number of fused-ring (bicyclic) bond motifs is 4. The molecule has 6 nitrogen and oxygen atoms in total. The Morgan fingerprint density at radius 2 is 1.60 bits per heavy atom. The molecule has 0 bridgehead atoms. The topological polar surface area (TPSA) is 72.7 Å². The van der Waals surface area contributed by atoms with Crippen LogP contribution < -0.4 is 25.4 Å². The Kier molecular flexibility index (Phi) is 7.34. The molecule has 2 N–H and O–H groups in total. The minimum atomic E-state index is -0.991. The lowest BCUT2D eigenvalue weighted by atomic mass is 9.74. The molecule has 4 heterocycles. The third-order valence-corrected chi connectivity index (χ3v) is 12.2. The van der Waals surface area contributed by atoms with Crippen LogP contribution in [0.2, 0.25) is 0 Å². The second kappa shape index (κ2) is 11.4. The lowest BCUT2D eigenvalue weighted by molar-refractivity contribution is 0.0696. The van der Waals surface area contributed by atoms with Crippen molar-refractivity contribution in [3.8, 4) is 0 Å². The van der Waals surface area contributed by atoms with E-state index in [0.29, 0.717) is 18.0 Å². The zero-order valence-electron chi connectivity index (χ0n) is 28.5. The van der Waals surface area contributed by atoms with Crippen LogP contribution in [0.3, 0.4) is 0 Å². The molecule has 0 radical (unpaired) electrons. The van der Waals surface area contributed by atoms with E-state index in [1.165, 1.54) is 55.2 Å². The molecule has 0 spiro atoms. The molecule has 0 saturated heterocycles. The van der Waals surface area contributed by atoms with E-state index in [-0.39, 0.29) is 16.9 Å². The average molecular weight is 631 g/mol. The summed E-state index contributed by atoms with van der Waals surface area (Å²) in [5.74, 6) is -0.817. The van der Waals surface area contributed by atoms with Gasteiger partial charge in [0.1, 0.15) is 13.1 Å². The van der Waals surface area contributed by atoms with Crippen LogP contribution in [0, 0.1) is 11.3 Å². The maximum absolute atomic E-state index is 13.4. The van der Waals surface area contributed by atoms with Crippen LogP contribution in [-0.4, -0.2) is 49.7 Å². The standard InChI is InChI=1S/C41H47N3O3/c1-24(2)41(3,4)23-42-39(45)27-13-14-28(35(21-27)40(46)47)36-33-19-25-9-5-15-43-17-7-11-29(37(25)43)31(33)22-32-30-12-8-18-44-16-6-10-26(38(30)44)20-34(32)36/h13-14,19-21,24H,5-12,15-18,22-23H2,1-4H3,(H-,42,45,46,47)/p+1. The Balaban J connectivity index is 1.37. The van der Waals surface area contributed by atoms with Gasteiger partial charge in [0.2, 0.25) is 5.36 Å². The third-order valence-electron chi connectivity index (χ3n) is 12.2. The van der Waals surface area contributed by atoms with Crippen molar-refractivity contribution >= 4 is 23.1 Å². The van der Waals surface area contributed by atoms with Crippen molar-refractivity contribution in [2.45, 2.75) is 85.5 Å². The molecule has 0 unspecified atom stereocenters. The van der Waals surface area contributed by atoms with Crippen LogP contribution in [0.15, 0.2) is 30.3 Å². The number of carboxylic acid groups (broad SMARTS) is 1. The predicted octanol–water partition coefficient (Wildman–Crippen LogP) is 5.03. The largest absolute Gasteiger partial charge is 0.478 e. The fourth-order valence-electron chi connectivity index (χ4n) is 9.01. The number of aryl methyl sites for hydroxylation is 2. The number of nitrogens with zero attached hydrogens (tertiary/aromatic N) is 2. The number of hydrogen-bond acceptors (Lipinski definition) is 3. The molecule has 0 fully saturated rings. The van der Waals surface area contributed by atoms with Gasteiger partial charge in [0, 0.05) is 54.9 Å². The smallest absolute Gasteiger partial charge is 0.336 e. The molecule has 3 aromatic carbocycles. The molecule has 8 rings (SSSR count). The average Bonchev–Trinajstić information content (AvgIpc) is 3.07. The fourth-order valence-corrected chi connectivity index (χ4v) is 9.01. The summed E-state index contributed by atoms with van der Waals surface area (Å²) in [4.78, 5) is 29.2. The second-order valence-electron chi connectivity index (χ2n) is 15.6. The predicted molar refractivity (Wildman–Crippen MR) is 187 cm³/mol. The number of carboxylic acids is 1. The maximum atomic E-state index is 13.4. The van der Waals surface area contributed by atoms with Gasteiger partial charge in [0.25, 0.3) is 5.91 Å². The van der Waals surface area contributed by atoms with E-state index < -0.39 is 5.97 Å². The maximum Gasteiger partial charge on any atom is 0.336 e. The van der Waals surface area contributed by atoms with Crippen LogP contribution in [0.25, 0.3) is 5.57 Å². The number of carbonyl (C=O) groups is 2. The van der Waals surface area contributed by atoms with E-state index in [0.717, 1.165) is 95.1 Å². The summed E-state index contributed by atoms with van der Waals surface area (Å²) < 4.78 is 2.61. The zero-order chi connectivity index (χ0) is 32.6. The third kappa shape index (κ3) is 4.93. The molecular formula is C41H48N3O3+. The number of hydrogen-bond donors (Lipinski definition) is 2. The Morgan fingerprint density at radius 3 is 2.36 bits per heavy atom. The minimum absolute atomic E-state index is 0.0688. The lowest BCUT2D eigenvalue weighted by Crippen LogP contribution is -2.46. The van der Waals surface area contributed by atoms with Crippen molar-refractivity contribution in [3.05, 3.63) is 96.5 Å².